The molecule has 2 aliphatic heterocycles. The number of rotatable bonds is 10. The summed E-state index contributed by atoms with van der Waals surface area (Å²) in [5, 5.41) is 4.07. The van der Waals surface area contributed by atoms with Crippen LogP contribution in [0.15, 0.2) is 114 Å². The number of imidazole rings is 2. The Kier molecular flexibility index (Phi) is 9.51. The Labute approximate surface area is 309 Å². The summed E-state index contributed by atoms with van der Waals surface area (Å²) in [5.41, 5.74) is 4.37. The van der Waals surface area contributed by atoms with Crippen LogP contribution in [0, 0.1) is 0 Å². The summed E-state index contributed by atoms with van der Waals surface area (Å²) in [6.45, 7) is 1.42. The van der Waals surface area contributed by atoms with Crippen LogP contribution in [0.4, 0.5) is 0 Å². The van der Waals surface area contributed by atoms with Crippen molar-refractivity contribution < 1.29 is 9.59 Å². The smallest absolute Gasteiger partial charge is 0.245 e. The van der Waals surface area contributed by atoms with Crippen molar-refractivity contribution in [3.63, 3.8) is 0 Å². The van der Waals surface area contributed by atoms with Gasteiger partial charge in [0.05, 0.1) is 35.3 Å². The third kappa shape index (κ3) is 6.45. The van der Waals surface area contributed by atoms with Crippen LogP contribution in [-0.4, -0.2) is 73.6 Å². The first kappa shape index (κ1) is 34.0. The summed E-state index contributed by atoms with van der Waals surface area (Å²) < 4.78 is 0. The van der Waals surface area contributed by atoms with Crippen molar-refractivity contribution in [3.05, 3.63) is 154 Å². The predicted octanol–water partition coefficient (Wildman–Crippen LogP) is 7.26. The maximum atomic E-state index is 14.2. The molecule has 266 valence electrons. The third-order valence-electron chi connectivity index (χ3n) is 10.9. The number of hydrogen-bond donors (Lipinski definition) is 2. The molecule has 0 bridgehead atoms. The van der Waals surface area contributed by atoms with Crippen LogP contribution in [0.5, 0.6) is 0 Å². The lowest BCUT2D eigenvalue weighted by molar-refractivity contribution is -0.137. The van der Waals surface area contributed by atoms with Gasteiger partial charge in [0, 0.05) is 31.4 Å². The molecule has 10 heteroatoms. The minimum absolute atomic E-state index is 0.0856. The van der Waals surface area contributed by atoms with E-state index in [0.717, 1.165) is 66.4 Å². The van der Waals surface area contributed by atoms with Crippen molar-refractivity contribution in [1.29, 1.82) is 0 Å². The van der Waals surface area contributed by atoms with Crippen LogP contribution >= 0.6 is 11.3 Å². The Balaban J connectivity index is 1.11. The fourth-order valence-electron chi connectivity index (χ4n) is 8.25. The number of amides is 2. The predicted molar refractivity (Wildman–Crippen MR) is 204 cm³/mol. The van der Waals surface area contributed by atoms with Gasteiger partial charge in [0.2, 0.25) is 11.8 Å². The summed E-state index contributed by atoms with van der Waals surface area (Å²) in [5.74, 6) is 1.94. The highest BCUT2D eigenvalue weighted by molar-refractivity contribution is 7.08. The highest BCUT2D eigenvalue weighted by Gasteiger charge is 2.41. The van der Waals surface area contributed by atoms with Gasteiger partial charge in [-0.15, -0.1) is 0 Å². The largest absolute Gasteiger partial charge is 0.343 e. The van der Waals surface area contributed by atoms with E-state index in [4.69, 9.17) is 9.97 Å². The minimum Gasteiger partial charge on any atom is -0.343 e. The molecule has 2 fully saturated rings. The second-order valence-corrected chi connectivity index (χ2v) is 15.2. The molecule has 3 atom stereocenters. The van der Waals surface area contributed by atoms with Crippen LogP contribution in [0.3, 0.4) is 0 Å². The number of carbonyl (C=O) groups excluding carboxylic acids is 2. The maximum absolute atomic E-state index is 14.2. The molecule has 0 spiro atoms. The highest BCUT2D eigenvalue weighted by Crippen LogP contribution is 2.42. The van der Waals surface area contributed by atoms with E-state index in [0.29, 0.717) is 13.0 Å². The van der Waals surface area contributed by atoms with Gasteiger partial charge in [-0.1, -0.05) is 85.0 Å². The molecule has 52 heavy (non-hydrogen) atoms. The summed E-state index contributed by atoms with van der Waals surface area (Å²) in [7, 11) is 3.92. The first-order chi connectivity index (χ1) is 25.4. The SMILES string of the molecule is CN(C)[C@@H](C(=O)N1CCC[C@H]1c1ncc(C2(c3cnc([C@@H]4CCCN4C(=O)Cc4ccsc4)[nH]3)C=CC(c3ccccc3)C=C2)[nH]1)c1ccccc1. The van der Waals surface area contributed by atoms with E-state index in [-0.39, 0.29) is 35.9 Å². The van der Waals surface area contributed by atoms with Gasteiger partial charge in [0.1, 0.15) is 17.7 Å². The quantitative estimate of drug-likeness (QED) is 0.149. The summed E-state index contributed by atoms with van der Waals surface area (Å²) >= 11 is 1.62. The molecule has 5 heterocycles. The Bertz CT molecular complexity index is 2040. The number of aromatic amines is 2. The number of likely N-dealkylation sites (N-methyl/N-ethyl adjacent to an activating group) is 1. The molecule has 1 aliphatic carbocycles. The lowest BCUT2D eigenvalue weighted by Gasteiger charge is -2.32. The number of H-pyrrole nitrogens is 2. The number of allylic oxidation sites excluding steroid dienone is 4. The first-order valence-corrected chi connectivity index (χ1v) is 19.2. The van der Waals surface area contributed by atoms with E-state index in [1.807, 2.05) is 94.4 Å². The summed E-state index contributed by atoms with van der Waals surface area (Å²) in [6.07, 6.45) is 16.8. The van der Waals surface area contributed by atoms with Gasteiger partial charge in [-0.25, -0.2) is 9.97 Å². The number of hydrogen-bond acceptors (Lipinski definition) is 6. The molecule has 2 amide bonds. The van der Waals surface area contributed by atoms with Gasteiger partial charge >= 0.3 is 0 Å². The molecule has 2 N–H and O–H groups in total. The van der Waals surface area contributed by atoms with Crippen LogP contribution < -0.4 is 0 Å². The lowest BCUT2D eigenvalue weighted by Crippen LogP contribution is -2.40. The van der Waals surface area contributed by atoms with Crippen molar-refractivity contribution >= 4 is 23.2 Å². The fourth-order valence-corrected chi connectivity index (χ4v) is 8.92. The van der Waals surface area contributed by atoms with Gasteiger partial charge < -0.3 is 19.8 Å². The molecular formula is C42H45N7O2S. The van der Waals surface area contributed by atoms with Crippen molar-refractivity contribution in [3.8, 4) is 0 Å². The van der Waals surface area contributed by atoms with Crippen LogP contribution in [-0.2, 0) is 21.4 Å². The van der Waals surface area contributed by atoms with E-state index in [9.17, 15) is 9.59 Å². The fraction of sp³-hybridized carbons (Fsp3) is 0.333. The number of nitrogens with one attached hydrogen (secondary N) is 2. The Morgan fingerprint density at radius 1 is 0.846 bits per heavy atom. The molecular weight excluding hydrogens is 667 g/mol. The molecule has 2 aromatic carbocycles. The average molecular weight is 712 g/mol. The summed E-state index contributed by atoms with van der Waals surface area (Å²) in [6, 6.07) is 21.9. The standard InChI is InChI=1S/C42H45N7O2S/c1-47(2)38(32-13-7-4-8-14-32)41(51)49-23-10-16-34(49)40-44-27-36(46-40)42(20-17-31(18-21-42)30-11-5-3-6-12-30)35-26-43-39(45-35)33-15-9-22-48(33)37(50)25-29-19-24-52-28-29/h3-8,11-14,17-21,24,26-28,31,33-34,38H,9-10,15-16,22-23,25H2,1-2H3,(H,43,45)(H,44,46)/t31?,33-,34-,38+,42?/m0/s1. The van der Waals surface area contributed by atoms with E-state index in [1.54, 1.807) is 11.3 Å². The van der Waals surface area contributed by atoms with Crippen molar-refractivity contribution in [2.45, 2.75) is 61.6 Å². The van der Waals surface area contributed by atoms with Gasteiger partial charge in [0.15, 0.2) is 0 Å². The van der Waals surface area contributed by atoms with Crippen molar-refractivity contribution in [1.82, 2.24) is 34.6 Å². The van der Waals surface area contributed by atoms with Gasteiger partial charge in [-0.2, -0.15) is 11.3 Å². The zero-order valence-electron chi connectivity index (χ0n) is 29.7. The van der Waals surface area contributed by atoms with Crippen LogP contribution in [0.2, 0.25) is 0 Å². The monoisotopic (exact) mass is 711 g/mol. The molecule has 3 aromatic heterocycles. The minimum atomic E-state index is -0.699. The third-order valence-corrected chi connectivity index (χ3v) is 11.7. The zero-order valence-corrected chi connectivity index (χ0v) is 30.5. The molecule has 0 saturated carbocycles. The van der Waals surface area contributed by atoms with E-state index < -0.39 is 5.41 Å². The molecule has 3 aliphatic rings. The molecule has 0 radical (unpaired) electrons. The number of nitrogens with zero attached hydrogens (tertiary/aromatic N) is 5. The Hall–Kier alpha value is -5.06. The number of carbonyl (C=O) groups is 2. The number of aromatic nitrogens is 4. The second kappa shape index (κ2) is 14.5. The zero-order chi connectivity index (χ0) is 35.7. The first-order valence-electron chi connectivity index (χ1n) is 18.3. The second-order valence-electron chi connectivity index (χ2n) is 14.4. The van der Waals surface area contributed by atoms with E-state index in [2.05, 4.69) is 58.5 Å². The van der Waals surface area contributed by atoms with Crippen molar-refractivity contribution in [2.75, 3.05) is 27.2 Å². The van der Waals surface area contributed by atoms with Crippen molar-refractivity contribution in [2.24, 2.45) is 0 Å². The van der Waals surface area contributed by atoms with Crippen LogP contribution in [0.1, 0.15) is 89.5 Å². The van der Waals surface area contributed by atoms with E-state index in [1.165, 1.54) is 5.56 Å². The van der Waals surface area contributed by atoms with Crippen LogP contribution in [0.25, 0.3) is 0 Å². The van der Waals surface area contributed by atoms with Gasteiger partial charge in [-0.05, 0) is 73.3 Å². The maximum Gasteiger partial charge on any atom is 0.245 e. The Morgan fingerprint density at radius 2 is 1.44 bits per heavy atom. The highest BCUT2D eigenvalue weighted by atomic mass is 32.1. The average Bonchev–Trinajstić information content (AvgIpc) is 4.02. The topological polar surface area (TPSA) is 101 Å². The molecule has 8 rings (SSSR count). The number of likely N-dealkylation sites (tertiary alicyclic amines) is 2. The summed E-state index contributed by atoms with van der Waals surface area (Å²) in [4.78, 5) is 50.9. The Morgan fingerprint density at radius 3 is 2.04 bits per heavy atom. The molecule has 9 nitrogen and oxygen atoms in total. The number of benzene rings is 2. The molecule has 5 aromatic rings. The van der Waals surface area contributed by atoms with Gasteiger partial charge in [0.25, 0.3) is 0 Å². The normalized spacial score (nSPS) is 23.5. The van der Waals surface area contributed by atoms with E-state index >= 15 is 0 Å². The lowest BCUT2D eigenvalue weighted by atomic mass is 9.75. The molecule has 2 saturated heterocycles. The van der Waals surface area contributed by atoms with Gasteiger partial charge in [-0.3, -0.25) is 14.5 Å². The molecule has 0 unspecified atom stereocenters. The number of thiophene rings is 1.